The van der Waals surface area contributed by atoms with Crippen LogP contribution in [-0.2, 0) is 7.05 Å². The molecule has 0 aliphatic rings. The van der Waals surface area contributed by atoms with Crippen LogP contribution in [0.1, 0.15) is 0 Å². The van der Waals surface area contributed by atoms with E-state index in [9.17, 15) is 4.39 Å². The fraction of sp³-hybridized carbons (Fsp3) is 0.143. The highest BCUT2D eigenvalue weighted by Gasteiger charge is 2.07. The first-order chi connectivity index (χ1) is 5.68. The summed E-state index contributed by atoms with van der Waals surface area (Å²) in [4.78, 5) is 0. The van der Waals surface area contributed by atoms with Crippen LogP contribution < -0.4 is 5.73 Å². The summed E-state index contributed by atoms with van der Waals surface area (Å²) in [5.74, 6) is -0.391. The van der Waals surface area contributed by atoms with Crippen molar-refractivity contribution in [1.82, 2.24) is 15.0 Å². The van der Waals surface area contributed by atoms with E-state index in [1.54, 1.807) is 13.1 Å². The third-order valence-electron chi connectivity index (χ3n) is 1.68. The van der Waals surface area contributed by atoms with E-state index in [1.165, 1.54) is 10.7 Å². The molecule has 0 aliphatic heterocycles. The number of halogens is 1. The standard InChI is InChI=1S/C7H7FN4/c1-12-7-5(8)2-4(9)3-6(7)10-11-12/h2-3H,9H2,1H3. The summed E-state index contributed by atoms with van der Waals surface area (Å²) in [6.45, 7) is 0. The fourth-order valence-corrected chi connectivity index (χ4v) is 1.16. The summed E-state index contributed by atoms with van der Waals surface area (Å²) in [7, 11) is 1.63. The van der Waals surface area contributed by atoms with Crippen LogP contribution in [0.2, 0.25) is 0 Å². The zero-order valence-electron chi connectivity index (χ0n) is 6.45. The minimum absolute atomic E-state index is 0.362. The van der Waals surface area contributed by atoms with Gasteiger partial charge in [-0.05, 0) is 12.1 Å². The number of nitrogens with two attached hydrogens (primary N) is 1. The van der Waals surface area contributed by atoms with Gasteiger partial charge < -0.3 is 5.73 Å². The Morgan fingerprint density at radius 2 is 2.25 bits per heavy atom. The molecular weight excluding hydrogens is 159 g/mol. The van der Waals surface area contributed by atoms with Crippen molar-refractivity contribution in [2.45, 2.75) is 0 Å². The lowest BCUT2D eigenvalue weighted by Crippen LogP contribution is -1.93. The van der Waals surface area contributed by atoms with Gasteiger partial charge in [0.05, 0.1) is 0 Å². The molecule has 0 aliphatic carbocycles. The van der Waals surface area contributed by atoms with Crippen molar-refractivity contribution >= 4 is 16.7 Å². The summed E-state index contributed by atoms with van der Waals surface area (Å²) < 4.78 is 14.5. The van der Waals surface area contributed by atoms with Gasteiger partial charge in [-0.2, -0.15) is 0 Å². The Morgan fingerprint density at radius 1 is 1.50 bits per heavy atom. The molecular formula is C7H7FN4. The average molecular weight is 166 g/mol. The quantitative estimate of drug-likeness (QED) is 0.586. The molecule has 0 radical (unpaired) electrons. The maximum absolute atomic E-state index is 13.2. The molecule has 0 spiro atoms. The van der Waals surface area contributed by atoms with Crippen molar-refractivity contribution in [1.29, 1.82) is 0 Å². The highest BCUT2D eigenvalue weighted by Crippen LogP contribution is 2.17. The van der Waals surface area contributed by atoms with E-state index in [-0.39, 0.29) is 0 Å². The molecule has 1 aromatic heterocycles. The highest BCUT2D eigenvalue weighted by molar-refractivity contribution is 5.78. The first kappa shape index (κ1) is 7.02. The van der Waals surface area contributed by atoms with Crippen LogP contribution in [0.4, 0.5) is 10.1 Å². The van der Waals surface area contributed by atoms with Crippen molar-refractivity contribution < 1.29 is 4.39 Å². The molecule has 4 nitrogen and oxygen atoms in total. The topological polar surface area (TPSA) is 56.7 Å². The zero-order chi connectivity index (χ0) is 8.72. The van der Waals surface area contributed by atoms with E-state index in [4.69, 9.17) is 5.73 Å². The molecule has 1 aromatic carbocycles. The van der Waals surface area contributed by atoms with Gasteiger partial charge in [0.15, 0.2) is 5.82 Å². The number of rotatable bonds is 0. The Morgan fingerprint density at radius 3 is 3.00 bits per heavy atom. The van der Waals surface area contributed by atoms with Crippen LogP contribution in [0.25, 0.3) is 11.0 Å². The monoisotopic (exact) mass is 166 g/mol. The first-order valence-electron chi connectivity index (χ1n) is 3.43. The van der Waals surface area contributed by atoms with Crippen molar-refractivity contribution in [2.75, 3.05) is 5.73 Å². The number of nitrogen functional groups attached to an aromatic ring is 1. The van der Waals surface area contributed by atoms with E-state index < -0.39 is 5.82 Å². The number of benzene rings is 1. The van der Waals surface area contributed by atoms with Gasteiger partial charge in [-0.15, -0.1) is 5.10 Å². The van der Waals surface area contributed by atoms with Crippen molar-refractivity contribution in [3.8, 4) is 0 Å². The SMILES string of the molecule is Cn1nnc2cc(N)cc(F)c21. The van der Waals surface area contributed by atoms with E-state index in [2.05, 4.69) is 10.3 Å². The maximum atomic E-state index is 13.2. The number of aromatic nitrogens is 3. The third kappa shape index (κ3) is 0.827. The van der Waals surface area contributed by atoms with Crippen molar-refractivity contribution in [3.63, 3.8) is 0 Å². The van der Waals surface area contributed by atoms with Gasteiger partial charge in [0.2, 0.25) is 0 Å². The number of anilines is 1. The molecule has 0 atom stereocenters. The maximum Gasteiger partial charge on any atom is 0.152 e. The van der Waals surface area contributed by atoms with Gasteiger partial charge in [0.1, 0.15) is 11.0 Å². The predicted molar refractivity (Wildman–Crippen MR) is 42.9 cm³/mol. The van der Waals surface area contributed by atoms with Gasteiger partial charge in [-0.25, -0.2) is 9.07 Å². The molecule has 0 fully saturated rings. The van der Waals surface area contributed by atoms with Crippen molar-refractivity contribution in [3.05, 3.63) is 17.9 Å². The lowest BCUT2D eigenvalue weighted by atomic mass is 10.2. The van der Waals surface area contributed by atoms with E-state index in [1.807, 2.05) is 0 Å². The fourth-order valence-electron chi connectivity index (χ4n) is 1.16. The molecule has 1 heterocycles. The second-order valence-electron chi connectivity index (χ2n) is 2.58. The van der Waals surface area contributed by atoms with Crippen LogP contribution in [0, 0.1) is 5.82 Å². The smallest absolute Gasteiger partial charge is 0.152 e. The summed E-state index contributed by atoms with van der Waals surface area (Å²) in [5, 5.41) is 7.40. The first-order valence-corrected chi connectivity index (χ1v) is 3.43. The summed E-state index contributed by atoms with van der Waals surface area (Å²) in [6.07, 6.45) is 0. The molecule has 0 saturated heterocycles. The highest BCUT2D eigenvalue weighted by atomic mass is 19.1. The van der Waals surface area contributed by atoms with E-state index in [0.29, 0.717) is 16.7 Å². The second kappa shape index (κ2) is 2.17. The van der Waals surface area contributed by atoms with Gasteiger partial charge in [0, 0.05) is 12.7 Å². The van der Waals surface area contributed by atoms with Gasteiger partial charge in [-0.1, -0.05) is 5.21 Å². The number of fused-ring (bicyclic) bond motifs is 1. The minimum atomic E-state index is -0.391. The van der Waals surface area contributed by atoms with Crippen LogP contribution in [0.3, 0.4) is 0 Å². The molecule has 0 bridgehead atoms. The molecule has 0 saturated carbocycles. The normalized spacial score (nSPS) is 10.8. The van der Waals surface area contributed by atoms with Gasteiger partial charge in [0.25, 0.3) is 0 Å². The Hall–Kier alpha value is -1.65. The van der Waals surface area contributed by atoms with E-state index in [0.717, 1.165) is 0 Å². The van der Waals surface area contributed by atoms with Crippen LogP contribution in [-0.4, -0.2) is 15.0 Å². The third-order valence-corrected chi connectivity index (χ3v) is 1.68. The number of hydrogen-bond donors (Lipinski definition) is 1. The van der Waals surface area contributed by atoms with E-state index >= 15 is 0 Å². The second-order valence-corrected chi connectivity index (χ2v) is 2.58. The van der Waals surface area contributed by atoms with Crippen molar-refractivity contribution in [2.24, 2.45) is 7.05 Å². The number of nitrogens with zero attached hydrogens (tertiary/aromatic N) is 3. The Labute approximate surface area is 67.8 Å². The number of aryl methyl sites for hydroxylation is 1. The molecule has 12 heavy (non-hydrogen) atoms. The molecule has 0 unspecified atom stereocenters. The molecule has 2 N–H and O–H groups in total. The van der Waals surface area contributed by atoms with Gasteiger partial charge in [-0.3, -0.25) is 0 Å². The molecule has 2 rings (SSSR count). The Kier molecular flexibility index (Phi) is 1.27. The summed E-state index contributed by atoms with van der Waals surface area (Å²) in [5.41, 5.74) is 6.64. The molecule has 62 valence electrons. The zero-order valence-corrected chi connectivity index (χ0v) is 6.45. The lowest BCUT2D eigenvalue weighted by molar-refractivity contribution is 0.623. The predicted octanol–water partition coefficient (Wildman–Crippen LogP) is 0.690. The summed E-state index contributed by atoms with van der Waals surface area (Å²) in [6, 6.07) is 2.84. The molecule has 5 heteroatoms. The average Bonchev–Trinajstić information content (AvgIpc) is 2.31. The largest absolute Gasteiger partial charge is 0.399 e. The lowest BCUT2D eigenvalue weighted by Gasteiger charge is -1.95. The molecule has 2 aromatic rings. The van der Waals surface area contributed by atoms with Gasteiger partial charge >= 0.3 is 0 Å². The minimum Gasteiger partial charge on any atom is -0.399 e. The number of hydrogen-bond acceptors (Lipinski definition) is 3. The Balaban J connectivity index is 2.93. The van der Waals surface area contributed by atoms with Crippen LogP contribution in [0.15, 0.2) is 12.1 Å². The molecule has 0 amide bonds. The summed E-state index contributed by atoms with van der Waals surface area (Å²) >= 11 is 0. The van der Waals surface area contributed by atoms with Crippen LogP contribution in [0.5, 0.6) is 0 Å². The Bertz CT molecular complexity index is 434. The van der Waals surface area contributed by atoms with Crippen LogP contribution >= 0.6 is 0 Å².